The molecule has 2 N–H and O–H groups in total. The van der Waals surface area contributed by atoms with Gasteiger partial charge in [0, 0.05) is 50.9 Å². The fourth-order valence-electron chi connectivity index (χ4n) is 4.40. The van der Waals surface area contributed by atoms with Crippen LogP contribution in [0.4, 0.5) is 11.4 Å². The topological polar surface area (TPSA) is 113 Å². The second kappa shape index (κ2) is 8.77. The number of carbonyl (C=O) groups excluding carboxylic acids is 2. The first kappa shape index (κ1) is 21.0. The van der Waals surface area contributed by atoms with Gasteiger partial charge in [-0.25, -0.2) is 0 Å². The largest absolute Gasteiger partial charge is 0.366 e. The Morgan fingerprint density at radius 1 is 1.14 bits per heavy atom. The molecule has 3 rings (SSSR count). The molecule has 0 spiro atoms. The van der Waals surface area contributed by atoms with E-state index in [4.69, 9.17) is 5.73 Å². The zero-order valence-corrected chi connectivity index (χ0v) is 17.0. The number of benzene rings is 1. The number of primary amides is 1. The predicted octanol–water partition coefficient (Wildman–Crippen LogP) is 1.32. The Balaban J connectivity index is 1.60. The standard InChI is InChI=1S/C20H29N5O4/c1-14-9-15(2)12-24(11-14)19(26)13-22-5-7-23(8-6-22)17-4-3-16(20(21)27)10-18(17)25(28)29/h3-4,10,14-15H,5-9,11-13H2,1-2H3,(H2,21,27). The third-order valence-corrected chi connectivity index (χ3v) is 5.75. The molecule has 2 aliphatic heterocycles. The molecule has 1 aromatic carbocycles. The molecule has 9 heteroatoms. The molecule has 29 heavy (non-hydrogen) atoms. The molecule has 2 unspecified atom stereocenters. The minimum Gasteiger partial charge on any atom is -0.366 e. The van der Waals surface area contributed by atoms with Crippen molar-refractivity contribution in [2.45, 2.75) is 20.3 Å². The van der Waals surface area contributed by atoms with E-state index in [1.165, 1.54) is 12.1 Å². The zero-order chi connectivity index (χ0) is 21.1. The van der Waals surface area contributed by atoms with Crippen LogP contribution in [0.15, 0.2) is 18.2 Å². The minimum absolute atomic E-state index is 0.120. The Hall–Kier alpha value is -2.68. The number of nitrogens with zero attached hydrogens (tertiary/aromatic N) is 4. The van der Waals surface area contributed by atoms with E-state index in [1.54, 1.807) is 6.07 Å². The summed E-state index contributed by atoms with van der Waals surface area (Å²) in [4.78, 5) is 41.0. The van der Waals surface area contributed by atoms with Crippen LogP contribution in [0, 0.1) is 22.0 Å². The van der Waals surface area contributed by atoms with Gasteiger partial charge in [-0.15, -0.1) is 0 Å². The van der Waals surface area contributed by atoms with Gasteiger partial charge in [-0.05, 0) is 30.4 Å². The lowest BCUT2D eigenvalue weighted by atomic mass is 9.92. The van der Waals surface area contributed by atoms with Crippen molar-refractivity contribution in [3.63, 3.8) is 0 Å². The Morgan fingerprint density at radius 2 is 1.76 bits per heavy atom. The minimum atomic E-state index is -0.690. The average molecular weight is 403 g/mol. The van der Waals surface area contributed by atoms with Crippen molar-refractivity contribution < 1.29 is 14.5 Å². The monoisotopic (exact) mass is 403 g/mol. The van der Waals surface area contributed by atoms with E-state index in [0.29, 0.717) is 50.2 Å². The SMILES string of the molecule is CC1CC(C)CN(C(=O)CN2CCN(c3ccc(C(N)=O)cc3[N+](=O)[O-])CC2)C1. The normalized spacial score (nSPS) is 23.1. The summed E-state index contributed by atoms with van der Waals surface area (Å²) in [5.74, 6) is 0.532. The van der Waals surface area contributed by atoms with Crippen LogP contribution in [-0.2, 0) is 4.79 Å². The number of carbonyl (C=O) groups is 2. The summed E-state index contributed by atoms with van der Waals surface area (Å²) in [5.41, 5.74) is 5.71. The second-order valence-corrected chi connectivity index (χ2v) is 8.33. The number of hydrogen-bond donors (Lipinski definition) is 1. The van der Waals surface area contributed by atoms with Gasteiger partial charge in [0.15, 0.2) is 0 Å². The molecule has 158 valence electrons. The van der Waals surface area contributed by atoms with Gasteiger partial charge in [-0.2, -0.15) is 0 Å². The average Bonchev–Trinajstić information content (AvgIpc) is 2.67. The molecule has 0 bridgehead atoms. The summed E-state index contributed by atoms with van der Waals surface area (Å²) in [6, 6.07) is 4.32. The van der Waals surface area contributed by atoms with Gasteiger partial charge in [0.05, 0.1) is 11.5 Å². The van der Waals surface area contributed by atoms with E-state index in [9.17, 15) is 19.7 Å². The highest BCUT2D eigenvalue weighted by Gasteiger charge is 2.29. The summed E-state index contributed by atoms with van der Waals surface area (Å²) in [6.45, 7) is 8.86. The van der Waals surface area contributed by atoms with Crippen LogP contribution < -0.4 is 10.6 Å². The van der Waals surface area contributed by atoms with Crippen molar-refractivity contribution >= 4 is 23.2 Å². The highest BCUT2D eigenvalue weighted by Crippen LogP contribution is 2.30. The number of piperazine rings is 1. The quantitative estimate of drug-likeness (QED) is 0.586. The molecule has 2 aliphatic rings. The van der Waals surface area contributed by atoms with E-state index in [0.717, 1.165) is 19.5 Å². The molecule has 0 aromatic heterocycles. The van der Waals surface area contributed by atoms with Gasteiger partial charge in [0.1, 0.15) is 5.69 Å². The molecule has 1 aromatic rings. The Kier molecular flexibility index (Phi) is 6.36. The molecule has 2 atom stereocenters. The van der Waals surface area contributed by atoms with Crippen LogP contribution in [0.1, 0.15) is 30.6 Å². The number of anilines is 1. The first-order chi connectivity index (χ1) is 13.7. The molecule has 0 aliphatic carbocycles. The summed E-state index contributed by atoms with van der Waals surface area (Å²) in [6.07, 6.45) is 1.16. The number of nitro groups is 1. The van der Waals surface area contributed by atoms with Crippen molar-refractivity contribution in [3.8, 4) is 0 Å². The maximum Gasteiger partial charge on any atom is 0.293 e. The third-order valence-electron chi connectivity index (χ3n) is 5.75. The van der Waals surface area contributed by atoms with E-state index >= 15 is 0 Å². The maximum atomic E-state index is 12.7. The van der Waals surface area contributed by atoms with Crippen molar-refractivity contribution in [2.75, 3.05) is 50.7 Å². The Bertz CT molecular complexity index is 781. The van der Waals surface area contributed by atoms with Gasteiger partial charge < -0.3 is 15.5 Å². The van der Waals surface area contributed by atoms with Crippen LogP contribution in [0.5, 0.6) is 0 Å². The number of amides is 2. The molecule has 2 amide bonds. The lowest BCUT2D eigenvalue weighted by Gasteiger charge is -2.38. The number of rotatable bonds is 5. The molecular formula is C20H29N5O4. The molecule has 0 radical (unpaired) electrons. The molecule has 2 fully saturated rings. The summed E-state index contributed by atoms with van der Waals surface area (Å²) in [7, 11) is 0. The van der Waals surface area contributed by atoms with Crippen LogP contribution in [0.2, 0.25) is 0 Å². The number of nitro benzene ring substituents is 1. The highest BCUT2D eigenvalue weighted by atomic mass is 16.6. The summed E-state index contributed by atoms with van der Waals surface area (Å²) < 4.78 is 0. The number of nitrogens with two attached hydrogens (primary N) is 1. The smallest absolute Gasteiger partial charge is 0.293 e. The van der Waals surface area contributed by atoms with E-state index in [-0.39, 0.29) is 17.2 Å². The fraction of sp³-hybridized carbons (Fsp3) is 0.600. The first-order valence-corrected chi connectivity index (χ1v) is 10.1. The van der Waals surface area contributed by atoms with Crippen molar-refractivity contribution in [1.82, 2.24) is 9.80 Å². The molecule has 2 heterocycles. The van der Waals surface area contributed by atoms with Crippen LogP contribution in [-0.4, -0.2) is 72.4 Å². The lowest BCUT2D eigenvalue weighted by Crippen LogP contribution is -2.52. The summed E-state index contributed by atoms with van der Waals surface area (Å²) >= 11 is 0. The van der Waals surface area contributed by atoms with Crippen LogP contribution >= 0.6 is 0 Å². The molecular weight excluding hydrogens is 374 g/mol. The summed E-state index contributed by atoms with van der Waals surface area (Å²) in [5, 5.41) is 11.4. The fourth-order valence-corrected chi connectivity index (χ4v) is 4.40. The third kappa shape index (κ3) is 5.03. The number of likely N-dealkylation sites (tertiary alicyclic amines) is 1. The van der Waals surface area contributed by atoms with Crippen molar-refractivity contribution in [1.29, 1.82) is 0 Å². The Labute approximate surface area is 170 Å². The van der Waals surface area contributed by atoms with E-state index in [2.05, 4.69) is 18.7 Å². The second-order valence-electron chi connectivity index (χ2n) is 8.33. The molecule has 0 saturated carbocycles. The number of hydrogen-bond acceptors (Lipinski definition) is 6. The zero-order valence-electron chi connectivity index (χ0n) is 17.0. The van der Waals surface area contributed by atoms with Gasteiger partial charge in [0.25, 0.3) is 5.69 Å². The van der Waals surface area contributed by atoms with E-state index < -0.39 is 10.8 Å². The maximum absolute atomic E-state index is 12.7. The van der Waals surface area contributed by atoms with Gasteiger partial charge >= 0.3 is 0 Å². The molecule has 2 saturated heterocycles. The van der Waals surface area contributed by atoms with E-state index in [1.807, 2.05) is 9.80 Å². The van der Waals surface area contributed by atoms with Gasteiger partial charge in [-0.3, -0.25) is 24.6 Å². The number of piperidine rings is 1. The van der Waals surface area contributed by atoms with Crippen molar-refractivity contribution in [2.24, 2.45) is 17.6 Å². The Morgan fingerprint density at radius 3 is 2.31 bits per heavy atom. The van der Waals surface area contributed by atoms with Crippen molar-refractivity contribution in [3.05, 3.63) is 33.9 Å². The van der Waals surface area contributed by atoms with Gasteiger partial charge in [0.2, 0.25) is 11.8 Å². The highest BCUT2D eigenvalue weighted by molar-refractivity contribution is 5.94. The molecule has 9 nitrogen and oxygen atoms in total. The lowest BCUT2D eigenvalue weighted by molar-refractivity contribution is -0.384. The van der Waals surface area contributed by atoms with Gasteiger partial charge in [-0.1, -0.05) is 13.8 Å². The van der Waals surface area contributed by atoms with Crippen LogP contribution in [0.3, 0.4) is 0 Å². The first-order valence-electron chi connectivity index (χ1n) is 10.1. The van der Waals surface area contributed by atoms with Crippen LogP contribution in [0.25, 0.3) is 0 Å². The predicted molar refractivity (Wildman–Crippen MR) is 110 cm³/mol.